The summed E-state index contributed by atoms with van der Waals surface area (Å²) in [6.07, 6.45) is 6.53. The topological polar surface area (TPSA) is 140 Å². The third-order valence-electron chi connectivity index (χ3n) is 6.62. The molecule has 2 aromatic heterocycles. The third kappa shape index (κ3) is 6.84. The van der Waals surface area contributed by atoms with Crippen molar-refractivity contribution in [3.63, 3.8) is 0 Å². The van der Waals surface area contributed by atoms with Crippen molar-refractivity contribution < 1.29 is 22.0 Å². The Bertz CT molecular complexity index is 1490. The van der Waals surface area contributed by atoms with E-state index in [1.165, 1.54) is 37.4 Å². The van der Waals surface area contributed by atoms with E-state index in [-0.39, 0.29) is 16.3 Å². The third-order valence-corrected chi connectivity index (χ3v) is 8.64. The van der Waals surface area contributed by atoms with Crippen LogP contribution in [0.1, 0.15) is 34.2 Å². The van der Waals surface area contributed by atoms with E-state index < -0.39 is 27.7 Å². The molecule has 3 N–H and O–H groups in total. The number of benzene rings is 1. The monoisotopic (exact) mass is 579 g/mol. The minimum absolute atomic E-state index is 0.0253. The molecule has 1 aliphatic carbocycles. The molecule has 0 spiro atoms. The van der Waals surface area contributed by atoms with Crippen molar-refractivity contribution >= 4 is 33.0 Å². The van der Waals surface area contributed by atoms with E-state index in [0.717, 1.165) is 43.7 Å². The minimum Gasteiger partial charge on any atom is -0.342 e. The number of carbonyl (C=O) groups excluding carboxylic acids is 1. The molecule has 0 unspecified atom stereocenters. The fourth-order valence-corrected chi connectivity index (χ4v) is 5.83. The normalized spacial score (nSPS) is 17.7. The lowest BCUT2D eigenvalue weighted by atomic mass is 10.0. The van der Waals surface area contributed by atoms with E-state index in [9.17, 15) is 26.8 Å². The Kier molecular flexibility index (Phi) is 8.02. The van der Waals surface area contributed by atoms with E-state index >= 15 is 0 Å². The van der Waals surface area contributed by atoms with E-state index in [2.05, 4.69) is 30.1 Å². The lowest BCUT2D eigenvalue weighted by molar-refractivity contribution is 0.0891. The van der Waals surface area contributed by atoms with Crippen LogP contribution < -0.4 is 15.6 Å². The number of aromatic amines is 1. The van der Waals surface area contributed by atoms with Gasteiger partial charge in [0.2, 0.25) is 0 Å². The largest absolute Gasteiger partial charge is 0.355 e. The van der Waals surface area contributed by atoms with E-state index in [4.69, 9.17) is 0 Å². The minimum atomic E-state index is -4.85. The van der Waals surface area contributed by atoms with Crippen molar-refractivity contribution in [2.75, 3.05) is 37.4 Å². The first-order valence-corrected chi connectivity index (χ1v) is 14.7. The van der Waals surface area contributed by atoms with Crippen molar-refractivity contribution in [2.45, 2.75) is 30.7 Å². The highest BCUT2D eigenvalue weighted by Crippen LogP contribution is 2.29. The highest BCUT2D eigenvalue weighted by atomic mass is 32.2. The van der Waals surface area contributed by atoms with Crippen LogP contribution in [0.25, 0.3) is 10.6 Å². The van der Waals surface area contributed by atoms with Crippen molar-refractivity contribution in [2.24, 2.45) is 0 Å². The number of alkyl halides is 2. The number of piperazine rings is 1. The molecule has 15 heteroatoms. The van der Waals surface area contributed by atoms with Gasteiger partial charge in [0.25, 0.3) is 21.5 Å². The number of carbonyl (C=O) groups is 1. The van der Waals surface area contributed by atoms with E-state index in [1.807, 2.05) is 4.72 Å². The highest BCUT2D eigenvalue weighted by Gasteiger charge is 2.32. The maximum atomic E-state index is 13.2. The predicted octanol–water partition coefficient (Wildman–Crippen LogP) is 2.11. The van der Waals surface area contributed by atoms with Crippen LogP contribution in [-0.2, 0) is 10.0 Å². The number of hydrogen-bond acceptors (Lipinski definition) is 9. The molecule has 208 valence electrons. The summed E-state index contributed by atoms with van der Waals surface area (Å²) in [6, 6.07) is 6.15. The first-order chi connectivity index (χ1) is 18.7. The van der Waals surface area contributed by atoms with Gasteiger partial charge in [0.1, 0.15) is 0 Å². The molecule has 2 aliphatic rings. The molecule has 5 rings (SSSR count). The second-order valence-electron chi connectivity index (χ2n) is 9.47. The van der Waals surface area contributed by atoms with Crippen LogP contribution in [0.15, 0.2) is 47.7 Å². The molecule has 1 aliphatic heterocycles. The van der Waals surface area contributed by atoms with Crippen molar-refractivity contribution in [1.29, 1.82) is 0 Å². The van der Waals surface area contributed by atoms with Crippen LogP contribution in [0.5, 0.6) is 0 Å². The van der Waals surface area contributed by atoms with Gasteiger partial charge < -0.3 is 10.3 Å². The van der Waals surface area contributed by atoms with Gasteiger partial charge in [0.05, 0.1) is 29.0 Å². The molecule has 3 aromatic rings. The zero-order chi connectivity index (χ0) is 27.6. The molecule has 1 saturated heterocycles. The van der Waals surface area contributed by atoms with Gasteiger partial charge in [-0.25, -0.2) is 13.4 Å². The molecule has 1 amide bonds. The van der Waals surface area contributed by atoms with Gasteiger partial charge in [-0.05, 0) is 30.5 Å². The molecule has 1 saturated carbocycles. The molecular formula is C24H27F2N7O4S2. The highest BCUT2D eigenvalue weighted by molar-refractivity contribution is 7.93. The summed E-state index contributed by atoms with van der Waals surface area (Å²) in [7, 11) is -4.85. The van der Waals surface area contributed by atoms with Gasteiger partial charge in [-0.3, -0.25) is 29.1 Å². The van der Waals surface area contributed by atoms with Crippen LogP contribution in [0.3, 0.4) is 0 Å². The molecule has 1 atom stereocenters. The Balaban J connectivity index is 1.35. The fourth-order valence-electron chi connectivity index (χ4n) is 4.50. The van der Waals surface area contributed by atoms with Crippen molar-refractivity contribution in [3.05, 3.63) is 63.8 Å². The first-order valence-electron chi connectivity index (χ1n) is 12.4. The van der Waals surface area contributed by atoms with E-state index in [0.29, 0.717) is 28.7 Å². The number of nitrogens with one attached hydrogen (secondary N) is 3. The maximum absolute atomic E-state index is 13.2. The second kappa shape index (κ2) is 11.5. The molecule has 39 heavy (non-hydrogen) atoms. The summed E-state index contributed by atoms with van der Waals surface area (Å²) in [6.45, 7) is 3.87. The average molecular weight is 580 g/mol. The molecule has 2 fully saturated rings. The summed E-state index contributed by atoms with van der Waals surface area (Å²) >= 11 is 1.08. The van der Waals surface area contributed by atoms with Gasteiger partial charge in [-0.15, -0.1) is 11.3 Å². The molecular weight excluding hydrogens is 552 g/mol. The standard InChI is InChI=1S/C24H27F2N7O4S2/c25-24(26)39(36,37)31-16-3-1-2-15(10-16)19(14-32-6-8-33(9-7-32)17-4-5-17)30-22(35)23-28-12-20(38-23)18-11-27-13-21(34)29-18/h1-3,10-13,17,19,24,31H,4-9,14H2,(H,29,34)(H,30,35)/t19-/m0/s1. The number of rotatable bonds is 10. The number of H-pyrrole nitrogens is 1. The maximum Gasteiger partial charge on any atom is 0.355 e. The number of amides is 1. The first kappa shape index (κ1) is 27.3. The quantitative estimate of drug-likeness (QED) is 0.332. The van der Waals surface area contributed by atoms with Gasteiger partial charge >= 0.3 is 5.76 Å². The molecule has 0 bridgehead atoms. The van der Waals surface area contributed by atoms with E-state index in [1.54, 1.807) is 12.1 Å². The summed E-state index contributed by atoms with van der Waals surface area (Å²) in [5.74, 6) is -4.04. The summed E-state index contributed by atoms with van der Waals surface area (Å²) in [5.41, 5.74) is 0.581. The Morgan fingerprint density at radius 2 is 1.92 bits per heavy atom. The number of hydrogen-bond donors (Lipinski definition) is 3. The van der Waals surface area contributed by atoms with Gasteiger partial charge in [-0.2, -0.15) is 8.78 Å². The summed E-state index contributed by atoms with van der Waals surface area (Å²) in [5, 5.41) is 3.13. The summed E-state index contributed by atoms with van der Waals surface area (Å²) < 4.78 is 51.2. The predicted molar refractivity (Wildman–Crippen MR) is 142 cm³/mol. The number of thiazole rings is 1. The van der Waals surface area contributed by atoms with Crippen LogP contribution >= 0.6 is 11.3 Å². The number of anilines is 1. The van der Waals surface area contributed by atoms with Gasteiger partial charge in [0.15, 0.2) is 5.01 Å². The molecule has 1 aromatic carbocycles. The summed E-state index contributed by atoms with van der Waals surface area (Å²) in [4.78, 5) is 40.8. The zero-order valence-electron chi connectivity index (χ0n) is 20.7. The number of nitrogens with zero attached hydrogens (tertiary/aromatic N) is 4. The Morgan fingerprint density at radius 1 is 1.15 bits per heavy atom. The lowest BCUT2D eigenvalue weighted by Gasteiger charge is -2.36. The molecule has 0 radical (unpaired) electrons. The average Bonchev–Trinajstić information content (AvgIpc) is 3.64. The Hall–Kier alpha value is -3.27. The van der Waals surface area contributed by atoms with Crippen LogP contribution in [0, 0.1) is 0 Å². The van der Waals surface area contributed by atoms with Gasteiger partial charge in [0, 0.05) is 50.6 Å². The molecule has 11 nitrogen and oxygen atoms in total. The SMILES string of the molecule is O=C(N[C@@H](CN1CCN(C2CC2)CC1)c1cccc(NS(=O)(=O)C(F)F)c1)c1ncc(-c2cncc(=O)[nH]2)s1. The zero-order valence-corrected chi connectivity index (χ0v) is 22.4. The Labute approximate surface area is 227 Å². The fraction of sp³-hybridized carbons (Fsp3) is 0.417. The number of aromatic nitrogens is 3. The van der Waals surface area contributed by atoms with Crippen LogP contribution in [0.4, 0.5) is 14.5 Å². The van der Waals surface area contributed by atoms with Crippen LogP contribution in [0.2, 0.25) is 0 Å². The molecule has 3 heterocycles. The smallest absolute Gasteiger partial charge is 0.342 e. The number of halogens is 2. The second-order valence-corrected chi connectivity index (χ2v) is 12.1. The van der Waals surface area contributed by atoms with Crippen LogP contribution in [-0.4, -0.2) is 83.6 Å². The lowest BCUT2D eigenvalue weighted by Crippen LogP contribution is -2.49. The number of sulfonamides is 1. The van der Waals surface area contributed by atoms with Gasteiger partial charge in [-0.1, -0.05) is 12.1 Å². The van der Waals surface area contributed by atoms with Crippen molar-refractivity contribution in [1.82, 2.24) is 30.1 Å². The Morgan fingerprint density at radius 3 is 2.62 bits per heavy atom. The van der Waals surface area contributed by atoms with Crippen molar-refractivity contribution in [3.8, 4) is 10.6 Å².